The van der Waals surface area contributed by atoms with Crippen LogP contribution in [0.2, 0.25) is 0 Å². The van der Waals surface area contributed by atoms with Gasteiger partial charge >= 0.3 is 0 Å². The molecule has 2 aliphatic rings. The molecule has 133 heavy (non-hydrogen) atoms. The maximum Gasteiger partial charge on any atom is 0.252 e. The molecule has 4 heterocycles. The van der Waals surface area contributed by atoms with Crippen molar-refractivity contribution in [1.82, 2.24) is 9.13 Å². The van der Waals surface area contributed by atoms with E-state index in [0.29, 0.717) is 22.7 Å². The van der Waals surface area contributed by atoms with Gasteiger partial charge in [-0.15, -0.1) is 0 Å². The predicted molar refractivity (Wildman–Crippen MR) is 577 cm³/mol. The average Bonchev–Trinajstić information content (AvgIpc) is 1.53. The number of fused-ring (bicyclic) bond motifs is 10. The molecule has 2 aliphatic heterocycles. The molecule has 0 spiro atoms. The van der Waals surface area contributed by atoms with Gasteiger partial charge < -0.3 is 18.9 Å². The van der Waals surface area contributed by atoms with E-state index in [2.05, 4.69) is 365 Å². The van der Waals surface area contributed by atoms with Crippen LogP contribution < -0.4 is 26.2 Å². The lowest BCUT2D eigenvalue weighted by molar-refractivity contribution is 0.589. The highest BCUT2D eigenvalue weighted by atomic mass is 15.2. The molecule has 0 amide bonds. The summed E-state index contributed by atoms with van der Waals surface area (Å²) in [5, 5.41) is 0.340. The van der Waals surface area contributed by atoms with E-state index < -0.39 is 75.5 Å². The third-order valence-corrected chi connectivity index (χ3v) is 27.4. The van der Waals surface area contributed by atoms with Crippen molar-refractivity contribution in [2.75, 3.05) is 9.80 Å². The van der Waals surface area contributed by atoms with Gasteiger partial charge in [0.1, 0.15) is 0 Å². The Morgan fingerprint density at radius 1 is 0.218 bits per heavy atom. The number of hydrogen-bond donors (Lipinski definition) is 0. The molecule has 662 valence electrons. The summed E-state index contributed by atoms with van der Waals surface area (Å²) in [5.74, 6) is 0. The van der Waals surface area contributed by atoms with E-state index in [-0.39, 0.29) is 114 Å². The van der Waals surface area contributed by atoms with E-state index in [1.807, 2.05) is 59.7 Å². The van der Waals surface area contributed by atoms with E-state index in [0.717, 1.165) is 150 Å². The van der Waals surface area contributed by atoms with E-state index in [4.69, 9.17) is 0 Å². The van der Waals surface area contributed by atoms with Crippen molar-refractivity contribution in [3.63, 3.8) is 0 Å². The van der Waals surface area contributed by atoms with Gasteiger partial charge in [-0.2, -0.15) is 0 Å². The van der Waals surface area contributed by atoms with Crippen LogP contribution in [-0.2, 0) is 43.3 Å². The molecular weight excluding hydrogens is 1600 g/mol. The summed E-state index contributed by atoms with van der Waals surface area (Å²) in [7, 11) is 0. The molecular formula is C128H127BN4. The molecule has 16 aromatic carbocycles. The summed E-state index contributed by atoms with van der Waals surface area (Å²) < 4.78 is 146. The summed E-state index contributed by atoms with van der Waals surface area (Å²) in [6, 6.07) is 85.5. The maximum atomic E-state index is 10.6. The van der Waals surface area contributed by atoms with Gasteiger partial charge in [0, 0.05) is 77.9 Å². The predicted octanol–water partition coefficient (Wildman–Crippen LogP) is 34.0. The molecule has 5 heteroatoms. The van der Waals surface area contributed by atoms with Crippen LogP contribution >= 0.6 is 0 Å². The van der Waals surface area contributed by atoms with Gasteiger partial charge in [-0.05, 0) is 269 Å². The van der Waals surface area contributed by atoms with Crippen LogP contribution in [0.4, 0.5) is 34.1 Å². The molecule has 0 fully saturated rings. The van der Waals surface area contributed by atoms with Crippen molar-refractivity contribution in [3.8, 4) is 89.3 Å². The van der Waals surface area contributed by atoms with Crippen molar-refractivity contribution in [2.24, 2.45) is 0 Å². The summed E-state index contributed by atoms with van der Waals surface area (Å²) in [6.45, 7) is 51.3. The number of rotatable bonds is 11. The van der Waals surface area contributed by atoms with Crippen molar-refractivity contribution >= 4 is 101 Å². The van der Waals surface area contributed by atoms with Crippen LogP contribution in [0.1, 0.15) is 230 Å². The molecule has 0 saturated carbocycles. The van der Waals surface area contributed by atoms with Gasteiger partial charge in [-0.3, -0.25) is 0 Å². The quantitative estimate of drug-likeness (QED) is 0.120. The van der Waals surface area contributed by atoms with Gasteiger partial charge in [0.05, 0.1) is 52.6 Å². The van der Waals surface area contributed by atoms with Crippen molar-refractivity contribution in [1.29, 1.82) is 0 Å². The summed E-state index contributed by atoms with van der Waals surface area (Å²) in [5.41, 5.74) is 23.4. The molecule has 0 unspecified atom stereocenters. The van der Waals surface area contributed by atoms with Crippen molar-refractivity contribution in [3.05, 3.63) is 378 Å². The normalized spacial score (nSPS) is 14.8. The number of anilines is 6. The van der Waals surface area contributed by atoms with Crippen molar-refractivity contribution < 1.29 is 19.2 Å². The van der Waals surface area contributed by atoms with Crippen LogP contribution in [0.15, 0.2) is 333 Å². The third kappa shape index (κ3) is 15.7. The molecule has 0 atom stereocenters. The number of benzene rings is 16. The van der Waals surface area contributed by atoms with Crippen LogP contribution in [0.3, 0.4) is 0 Å². The number of para-hydroxylation sites is 2. The Labute approximate surface area is 810 Å². The van der Waals surface area contributed by atoms with Crippen LogP contribution in [0.25, 0.3) is 133 Å². The number of nitrogens with zero attached hydrogens (tertiary/aromatic N) is 4. The Kier molecular flexibility index (Phi) is 17.3. The zero-order chi connectivity index (χ0) is 106. The highest BCUT2D eigenvalue weighted by Crippen LogP contribution is 2.58. The summed E-state index contributed by atoms with van der Waals surface area (Å²) >= 11 is 0. The van der Waals surface area contributed by atoms with E-state index in [9.17, 15) is 19.2 Å². The van der Waals surface area contributed by atoms with Gasteiger partial charge in [0.2, 0.25) is 0 Å². The monoisotopic (exact) mass is 1750 g/mol. The first kappa shape index (κ1) is 72.4. The molecule has 2 aromatic heterocycles. The topological polar surface area (TPSA) is 16.3 Å². The fourth-order valence-electron chi connectivity index (χ4n) is 19.6. The highest BCUT2D eigenvalue weighted by Gasteiger charge is 2.47. The Balaban J connectivity index is 1.07. The lowest BCUT2D eigenvalue weighted by Crippen LogP contribution is -2.61. The zero-order valence-electron chi connectivity index (χ0n) is 95.5. The molecule has 0 saturated heterocycles. The fraction of sp³-hybridized carbons (Fsp3) is 0.250. The fourth-order valence-corrected chi connectivity index (χ4v) is 19.6. The van der Waals surface area contributed by atoms with Gasteiger partial charge in [0.25, 0.3) is 6.71 Å². The van der Waals surface area contributed by atoms with Crippen molar-refractivity contribution in [2.45, 2.75) is 209 Å². The first-order chi connectivity index (χ1) is 68.8. The lowest BCUT2D eigenvalue weighted by Gasteiger charge is -2.46. The molecule has 0 aliphatic carbocycles. The Hall–Kier alpha value is -13.2. The second-order valence-electron chi connectivity index (χ2n) is 45.3. The number of hydrogen-bond acceptors (Lipinski definition) is 2. The SMILES string of the molecule is [2H]c1c([2H])c([2H])c2c(c1[2H])c1c([2H])c(C(C)(C)C)c([2H])c([2H])c1n2-c1ccc2c(c1)N(c1c(-c3cccc(C(C)(C)C)c3)cc(C(C)(C)C)cc1-c1cc(-c3ccccc3)cc(C(C)(C)C)c1)c1cc(-c3ccccc3)cc3c1B2c1ccc(-n2c4c([2H])c([2H])c([2H])c([2H])c4c4c([2H])c(C(C)(C)C)c([2H])c([2H])c42)cc1N3c1c(-c2cccc(C(C)(C)C)c2)cc(C(C)(C)C)cc1-c1cc(-c2ccccc2)cc(C(C)(C)C)c1. The maximum absolute atomic E-state index is 10.6. The molecule has 18 aromatic rings. The Morgan fingerprint density at radius 3 is 0.857 bits per heavy atom. The lowest BCUT2D eigenvalue weighted by atomic mass is 9.33. The Bertz CT molecular complexity index is 8120. The minimum Gasteiger partial charge on any atom is -0.310 e. The van der Waals surface area contributed by atoms with Gasteiger partial charge in [-0.25, -0.2) is 0 Å². The van der Waals surface area contributed by atoms with Crippen LogP contribution in [0, 0.1) is 0 Å². The second kappa shape index (κ2) is 31.8. The molecule has 0 radical (unpaired) electrons. The third-order valence-electron chi connectivity index (χ3n) is 27.4. The first-order valence-electron chi connectivity index (χ1n) is 54.1. The molecule has 0 N–H and O–H groups in total. The van der Waals surface area contributed by atoms with Crippen LogP contribution in [0.5, 0.6) is 0 Å². The average molecular weight is 1750 g/mol. The minimum absolute atomic E-state index is 0.0323. The van der Waals surface area contributed by atoms with Gasteiger partial charge in [-0.1, -0.05) is 390 Å². The standard InChI is InChI=1S/C128H127BN4/c1-121(2,3)90-48-38-46-83(64-90)102-74-96(127(19,20)21)76-104(88-62-85(80-40-28-25-29-41-80)66-94(68-88)125(13,14)15)119(102)132-114-78-98(130-110-52-36-34-50-100(110)106-72-92(123(7,8)9)54-60-112(106)130)56-58-108(114)129-109-59-57-99(131-111-53-37-35-51-101(111)107-73-93(124(10,11)12)55-61-113(107)131)79-115(109)133(117-71-87(70-116(132)118(117)129)82-44-32-27-33-45-82)120-103(84-47-39-49-91(65-84)122(4,5)6)75-97(128(22,23)24)77-105(120)89-63-86(81-42-30-26-31-43-81)67-95(69-89)126(16,17)18/h25-79H,1-24H3/i34D,35D,36D,37D,50D,51D,52D,53D,54D,55D,60D,61D,72D,73D. The van der Waals surface area contributed by atoms with E-state index in [1.165, 1.54) is 0 Å². The molecule has 20 rings (SSSR count). The van der Waals surface area contributed by atoms with Crippen LogP contribution in [-0.4, -0.2) is 15.8 Å². The zero-order valence-corrected chi connectivity index (χ0v) is 81.5. The minimum atomic E-state index is -0.880. The summed E-state index contributed by atoms with van der Waals surface area (Å²) in [6.07, 6.45) is 0. The smallest absolute Gasteiger partial charge is 0.252 e. The first-order valence-corrected chi connectivity index (χ1v) is 47.1. The highest BCUT2D eigenvalue weighted by molar-refractivity contribution is 7.00. The van der Waals surface area contributed by atoms with E-state index >= 15 is 0 Å². The Morgan fingerprint density at radius 2 is 0.511 bits per heavy atom. The largest absolute Gasteiger partial charge is 0.310 e. The second-order valence-corrected chi connectivity index (χ2v) is 45.3. The molecule has 0 bridgehead atoms. The molecule has 4 nitrogen and oxygen atoms in total. The number of aromatic nitrogens is 2. The van der Waals surface area contributed by atoms with E-state index in [1.54, 1.807) is 9.13 Å². The summed E-state index contributed by atoms with van der Waals surface area (Å²) in [4.78, 5) is 4.94. The van der Waals surface area contributed by atoms with Gasteiger partial charge in [0.15, 0.2) is 0 Å².